The van der Waals surface area contributed by atoms with E-state index in [1.165, 1.54) is 7.11 Å². The Morgan fingerprint density at radius 1 is 1.14 bits per heavy atom. The summed E-state index contributed by atoms with van der Waals surface area (Å²) in [6, 6.07) is 0. The fourth-order valence-corrected chi connectivity index (χ4v) is 2.03. The summed E-state index contributed by atoms with van der Waals surface area (Å²) in [4.78, 5) is 31.6. The summed E-state index contributed by atoms with van der Waals surface area (Å²) in [6.07, 6.45) is 1.18. The summed E-state index contributed by atoms with van der Waals surface area (Å²) in [5.74, 6) is -1.13. The fraction of sp³-hybridized carbons (Fsp3) is 0.571. The maximum Gasteiger partial charge on any atom is 0.394 e. The van der Waals surface area contributed by atoms with E-state index in [2.05, 4.69) is 14.7 Å². The summed E-state index contributed by atoms with van der Waals surface area (Å²) in [6.45, 7) is 5.39. The first-order chi connectivity index (χ1) is 10.2. The van der Waals surface area contributed by atoms with E-state index in [0.717, 1.165) is 0 Å². The van der Waals surface area contributed by atoms with Crippen molar-refractivity contribution in [2.24, 2.45) is 0 Å². The Bertz CT molecular complexity index is 716. The van der Waals surface area contributed by atoms with E-state index in [-0.39, 0.29) is 29.2 Å². The summed E-state index contributed by atoms with van der Waals surface area (Å²) in [5.41, 5.74) is -1.34. The number of esters is 2. The Kier molecular flexibility index (Phi) is 3.01. The van der Waals surface area contributed by atoms with Gasteiger partial charge in [-0.1, -0.05) is 0 Å². The molecule has 1 fully saturated rings. The van der Waals surface area contributed by atoms with Crippen LogP contribution in [0.4, 0.5) is 0 Å². The molecule has 0 radical (unpaired) electrons. The van der Waals surface area contributed by atoms with Crippen molar-refractivity contribution >= 4 is 23.4 Å². The van der Waals surface area contributed by atoms with E-state index in [0.29, 0.717) is 12.8 Å². The van der Waals surface area contributed by atoms with E-state index < -0.39 is 17.0 Å². The monoisotopic (exact) mass is 308 g/mol. The summed E-state index contributed by atoms with van der Waals surface area (Å²) in [5, 5.41) is 0. The zero-order valence-corrected chi connectivity index (χ0v) is 12.8. The van der Waals surface area contributed by atoms with Gasteiger partial charge in [0, 0.05) is 0 Å². The van der Waals surface area contributed by atoms with Crippen molar-refractivity contribution < 1.29 is 27.9 Å². The topological polar surface area (TPSA) is 105 Å². The highest BCUT2D eigenvalue weighted by Gasteiger charge is 2.58. The Labute approximate surface area is 125 Å². The molecule has 0 saturated heterocycles. The predicted octanol–water partition coefficient (Wildman–Crippen LogP) is 1.98. The van der Waals surface area contributed by atoms with Crippen LogP contribution in [0, 0.1) is 0 Å². The molecule has 3 rings (SSSR count). The van der Waals surface area contributed by atoms with Gasteiger partial charge in [0.15, 0.2) is 0 Å². The molecule has 0 aliphatic heterocycles. The van der Waals surface area contributed by atoms with Crippen molar-refractivity contribution in [2.45, 2.75) is 44.6 Å². The summed E-state index contributed by atoms with van der Waals surface area (Å²) >= 11 is 0. The third-order valence-corrected chi connectivity index (χ3v) is 3.28. The molecule has 0 bridgehead atoms. The Morgan fingerprint density at radius 3 is 2.27 bits per heavy atom. The van der Waals surface area contributed by atoms with Crippen LogP contribution in [0.3, 0.4) is 0 Å². The quantitative estimate of drug-likeness (QED) is 0.792. The molecular formula is C14H16N2O6. The molecule has 0 N–H and O–H groups in total. The van der Waals surface area contributed by atoms with Crippen LogP contribution in [0.15, 0.2) is 8.83 Å². The SMILES string of the molecule is COC(=O)c1nc2oc(C3(C(=O)OC(C)(C)C)CC3)nc2o1. The number of rotatable bonds is 3. The first-order valence-electron chi connectivity index (χ1n) is 6.85. The maximum absolute atomic E-state index is 12.3. The molecule has 1 aliphatic rings. The van der Waals surface area contributed by atoms with Gasteiger partial charge >= 0.3 is 17.8 Å². The van der Waals surface area contributed by atoms with Crippen molar-refractivity contribution in [2.75, 3.05) is 7.11 Å². The second kappa shape index (κ2) is 4.56. The second-order valence-corrected chi connectivity index (χ2v) is 6.22. The van der Waals surface area contributed by atoms with Crippen molar-refractivity contribution in [3.05, 3.63) is 11.8 Å². The lowest BCUT2D eigenvalue weighted by molar-refractivity contribution is -0.158. The van der Waals surface area contributed by atoms with Gasteiger partial charge in [-0.2, -0.15) is 9.97 Å². The zero-order chi connectivity index (χ0) is 16.1. The number of carbonyl (C=O) groups excluding carboxylic acids is 2. The highest BCUT2D eigenvalue weighted by atomic mass is 16.6. The van der Waals surface area contributed by atoms with E-state index in [9.17, 15) is 9.59 Å². The molecule has 1 saturated carbocycles. The van der Waals surface area contributed by atoms with Crippen LogP contribution in [0.5, 0.6) is 0 Å². The zero-order valence-electron chi connectivity index (χ0n) is 12.8. The smallest absolute Gasteiger partial charge is 0.394 e. The Hall–Kier alpha value is -2.38. The first-order valence-corrected chi connectivity index (χ1v) is 6.85. The predicted molar refractivity (Wildman–Crippen MR) is 72.2 cm³/mol. The van der Waals surface area contributed by atoms with Crippen LogP contribution in [-0.4, -0.2) is 34.6 Å². The molecule has 2 aromatic heterocycles. The molecule has 0 atom stereocenters. The normalized spacial score (nSPS) is 16.5. The third-order valence-electron chi connectivity index (χ3n) is 3.28. The van der Waals surface area contributed by atoms with Crippen molar-refractivity contribution in [1.29, 1.82) is 0 Å². The van der Waals surface area contributed by atoms with Crippen molar-refractivity contribution in [3.63, 3.8) is 0 Å². The van der Waals surface area contributed by atoms with Gasteiger partial charge in [-0.3, -0.25) is 4.79 Å². The first kappa shape index (κ1) is 14.6. The standard InChI is InChI=1S/C14H16N2O6/c1-13(2,3)22-12(18)14(5-6-14)11-16-8-7(21-11)15-9(20-8)10(17)19-4/h5-6H2,1-4H3. The van der Waals surface area contributed by atoms with Crippen LogP contribution >= 0.6 is 0 Å². The molecule has 0 amide bonds. The molecule has 8 nitrogen and oxygen atoms in total. The van der Waals surface area contributed by atoms with Gasteiger partial charge in [0.2, 0.25) is 5.89 Å². The number of fused-ring (bicyclic) bond motifs is 1. The minimum Gasteiger partial charge on any atom is -0.462 e. The highest BCUT2D eigenvalue weighted by molar-refractivity contribution is 5.88. The van der Waals surface area contributed by atoms with Gasteiger partial charge in [0.05, 0.1) is 7.11 Å². The number of ether oxygens (including phenoxy) is 2. The average molecular weight is 308 g/mol. The van der Waals surface area contributed by atoms with Crippen LogP contribution in [0.1, 0.15) is 50.2 Å². The molecule has 118 valence electrons. The number of hydrogen-bond acceptors (Lipinski definition) is 8. The lowest BCUT2D eigenvalue weighted by Gasteiger charge is -2.22. The lowest BCUT2D eigenvalue weighted by atomic mass is 10.1. The van der Waals surface area contributed by atoms with E-state index >= 15 is 0 Å². The molecule has 1 aliphatic carbocycles. The molecule has 22 heavy (non-hydrogen) atoms. The van der Waals surface area contributed by atoms with E-state index in [4.69, 9.17) is 13.6 Å². The lowest BCUT2D eigenvalue weighted by Crippen LogP contribution is -2.32. The number of methoxy groups -OCH3 is 1. The minimum absolute atomic E-state index is 0.0604. The minimum atomic E-state index is -0.873. The number of aromatic nitrogens is 2. The van der Waals surface area contributed by atoms with Gasteiger partial charge in [0.25, 0.3) is 11.4 Å². The van der Waals surface area contributed by atoms with Crippen LogP contribution in [0.25, 0.3) is 11.4 Å². The van der Waals surface area contributed by atoms with Gasteiger partial charge in [-0.25, -0.2) is 4.79 Å². The van der Waals surface area contributed by atoms with Gasteiger partial charge in [-0.05, 0) is 33.6 Å². The Balaban J connectivity index is 1.89. The van der Waals surface area contributed by atoms with Gasteiger partial charge in [-0.15, -0.1) is 0 Å². The van der Waals surface area contributed by atoms with Crippen molar-refractivity contribution in [3.8, 4) is 0 Å². The maximum atomic E-state index is 12.3. The fourth-order valence-electron chi connectivity index (χ4n) is 2.03. The summed E-state index contributed by atoms with van der Waals surface area (Å²) < 4.78 is 20.6. The van der Waals surface area contributed by atoms with Crippen molar-refractivity contribution in [1.82, 2.24) is 9.97 Å². The largest absolute Gasteiger partial charge is 0.462 e. The number of nitrogens with zero attached hydrogens (tertiary/aromatic N) is 2. The number of hydrogen-bond donors (Lipinski definition) is 0. The highest BCUT2D eigenvalue weighted by Crippen LogP contribution is 2.50. The van der Waals surface area contributed by atoms with E-state index in [1.54, 1.807) is 20.8 Å². The molecule has 0 spiro atoms. The second-order valence-electron chi connectivity index (χ2n) is 6.22. The van der Waals surface area contributed by atoms with Gasteiger partial charge < -0.3 is 18.3 Å². The molecule has 0 unspecified atom stereocenters. The van der Waals surface area contributed by atoms with Crippen LogP contribution in [0.2, 0.25) is 0 Å². The molecule has 2 aromatic rings. The average Bonchev–Trinajstić information content (AvgIpc) is 2.99. The third kappa shape index (κ3) is 2.34. The summed E-state index contributed by atoms with van der Waals surface area (Å²) in [7, 11) is 1.22. The van der Waals surface area contributed by atoms with Crippen LogP contribution in [-0.2, 0) is 19.7 Å². The molecule has 2 heterocycles. The van der Waals surface area contributed by atoms with E-state index in [1.807, 2.05) is 0 Å². The molecule has 8 heteroatoms. The molecule has 0 aromatic carbocycles. The number of carbonyl (C=O) groups is 2. The van der Waals surface area contributed by atoms with Gasteiger partial charge in [0.1, 0.15) is 11.0 Å². The number of oxazole rings is 2. The molecular weight excluding hydrogens is 292 g/mol. The Morgan fingerprint density at radius 2 is 1.77 bits per heavy atom. The van der Waals surface area contributed by atoms with Crippen LogP contribution < -0.4 is 0 Å².